The van der Waals surface area contributed by atoms with Crippen molar-refractivity contribution in [1.82, 2.24) is 4.57 Å². The third-order valence-corrected chi connectivity index (χ3v) is 5.04. The van der Waals surface area contributed by atoms with Crippen molar-refractivity contribution in [3.8, 4) is 22.9 Å². The van der Waals surface area contributed by atoms with E-state index in [0.29, 0.717) is 5.56 Å². The molecule has 0 bridgehead atoms. The molecule has 0 aliphatic rings. The van der Waals surface area contributed by atoms with E-state index in [1.807, 2.05) is 30.3 Å². The Kier molecular flexibility index (Phi) is 3.52. The lowest BCUT2D eigenvalue weighted by atomic mass is 10.00. The molecule has 5 rings (SSSR count). The van der Waals surface area contributed by atoms with E-state index in [1.165, 1.54) is 10.8 Å². The second-order valence-corrected chi connectivity index (χ2v) is 6.55. The van der Waals surface area contributed by atoms with Gasteiger partial charge in [-0.3, -0.25) is 0 Å². The monoisotopic (exact) mass is 344 g/mol. The van der Waals surface area contributed by atoms with Gasteiger partial charge in [0, 0.05) is 16.3 Å². The van der Waals surface area contributed by atoms with Gasteiger partial charge in [-0.25, -0.2) is 0 Å². The lowest BCUT2D eigenvalue weighted by Gasteiger charge is -2.15. The highest BCUT2D eigenvalue weighted by atomic mass is 15.0. The molecule has 2 nitrogen and oxygen atoms in total. The third kappa shape index (κ3) is 2.33. The minimum Gasteiger partial charge on any atom is -0.307 e. The topological polar surface area (TPSA) is 28.7 Å². The molecule has 27 heavy (non-hydrogen) atoms. The lowest BCUT2D eigenvalue weighted by molar-refractivity contribution is 1.17. The predicted octanol–water partition coefficient (Wildman–Crippen LogP) is 6.32. The van der Waals surface area contributed by atoms with Gasteiger partial charge in [-0.2, -0.15) is 5.26 Å². The van der Waals surface area contributed by atoms with E-state index < -0.39 is 0 Å². The zero-order valence-corrected chi connectivity index (χ0v) is 14.6. The predicted molar refractivity (Wildman–Crippen MR) is 111 cm³/mol. The maximum atomic E-state index is 9.87. The minimum atomic E-state index is 0.669. The van der Waals surface area contributed by atoms with Crippen LogP contribution in [0.2, 0.25) is 0 Å². The van der Waals surface area contributed by atoms with Crippen LogP contribution in [0, 0.1) is 11.3 Å². The number of para-hydroxylation sites is 3. The fourth-order valence-corrected chi connectivity index (χ4v) is 3.89. The average Bonchev–Trinajstić information content (AvgIpc) is 3.08. The molecule has 0 amide bonds. The normalized spacial score (nSPS) is 10.9. The van der Waals surface area contributed by atoms with Crippen molar-refractivity contribution in [2.45, 2.75) is 0 Å². The molecule has 0 aliphatic heterocycles. The molecule has 0 radical (unpaired) electrons. The molecular formula is C25H16N2. The Morgan fingerprint density at radius 1 is 0.593 bits per heavy atom. The van der Waals surface area contributed by atoms with Crippen LogP contribution in [0.25, 0.3) is 38.6 Å². The van der Waals surface area contributed by atoms with Gasteiger partial charge in [-0.05, 0) is 23.8 Å². The number of fused-ring (bicyclic) bond motifs is 3. The summed E-state index contributed by atoms with van der Waals surface area (Å²) in [6.07, 6.45) is 0. The van der Waals surface area contributed by atoms with Crippen molar-refractivity contribution in [3.05, 3.63) is 103 Å². The van der Waals surface area contributed by atoms with E-state index in [-0.39, 0.29) is 0 Å². The van der Waals surface area contributed by atoms with Gasteiger partial charge < -0.3 is 4.57 Å². The van der Waals surface area contributed by atoms with Crippen LogP contribution >= 0.6 is 0 Å². The largest absolute Gasteiger partial charge is 0.307 e. The van der Waals surface area contributed by atoms with Crippen LogP contribution in [-0.2, 0) is 0 Å². The van der Waals surface area contributed by atoms with Crippen LogP contribution in [0.5, 0.6) is 0 Å². The van der Waals surface area contributed by atoms with Crippen LogP contribution in [-0.4, -0.2) is 4.57 Å². The quantitative estimate of drug-likeness (QED) is 0.368. The van der Waals surface area contributed by atoms with Crippen LogP contribution in [0.15, 0.2) is 97.1 Å². The van der Waals surface area contributed by atoms with Crippen molar-refractivity contribution < 1.29 is 0 Å². The molecular weight excluding hydrogens is 328 g/mol. The Labute approximate surface area is 157 Å². The summed E-state index contributed by atoms with van der Waals surface area (Å²) >= 11 is 0. The molecule has 5 aromatic rings. The van der Waals surface area contributed by atoms with E-state index in [1.54, 1.807) is 0 Å². The first-order valence-corrected chi connectivity index (χ1v) is 8.95. The van der Waals surface area contributed by atoms with Crippen LogP contribution in [0.3, 0.4) is 0 Å². The van der Waals surface area contributed by atoms with Crippen molar-refractivity contribution in [2.24, 2.45) is 0 Å². The first kappa shape index (κ1) is 15.4. The molecule has 0 spiro atoms. The fourth-order valence-electron chi connectivity index (χ4n) is 3.89. The Balaban J connectivity index is 1.98. The van der Waals surface area contributed by atoms with Crippen molar-refractivity contribution in [1.29, 1.82) is 5.26 Å². The minimum absolute atomic E-state index is 0.669. The highest BCUT2D eigenvalue weighted by Gasteiger charge is 2.18. The van der Waals surface area contributed by atoms with Crippen LogP contribution in [0.4, 0.5) is 0 Å². The summed E-state index contributed by atoms with van der Waals surface area (Å²) in [7, 11) is 0. The number of hydrogen-bond acceptors (Lipinski definition) is 1. The molecule has 0 atom stereocenters. The maximum Gasteiger partial charge on any atom is 0.101 e. The van der Waals surface area contributed by atoms with Crippen molar-refractivity contribution in [2.75, 3.05) is 0 Å². The second-order valence-electron chi connectivity index (χ2n) is 6.55. The Hall–Kier alpha value is -3.83. The Morgan fingerprint density at radius 2 is 1.19 bits per heavy atom. The molecule has 0 aliphatic carbocycles. The van der Waals surface area contributed by atoms with Gasteiger partial charge in [0.15, 0.2) is 0 Å². The molecule has 0 saturated heterocycles. The van der Waals surface area contributed by atoms with E-state index >= 15 is 0 Å². The van der Waals surface area contributed by atoms with E-state index in [0.717, 1.165) is 27.8 Å². The van der Waals surface area contributed by atoms with Gasteiger partial charge in [0.05, 0.1) is 22.3 Å². The molecule has 126 valence electrons. The lowest BCUT2D eigenvalue weighted by Crippen LogP contribution is -2.00. The number of hydrogen-bond donors (Lipinski definition) is 0. The molecule has 2 heteroatoms. The van der Waals surface area contributed by atoms with Crippen molar-refractivity contribution in [3.63, 3.8) is 0 Å². The van der Waals surface area contributed by atoms with E-state index in [4.69, 9.17) is 0 Å². The third-order valence-electron chi connectivity index (χ3n) is 5.04. The number of nitrogens with zero attached hydrogens (tertiary/aromatic N) is 2. The Bertz CT molecular complexity index is 1270. The second kappa shape index (κ2) is 6.16. The van der Waals surface area contributed by atoms with E-state index in [2.05, 4.69) is 77.4 Å². The standard InChI is InChI=1S/C25H16N2/c26-17-19-11-8-14-20(18-9-2-1-3-10-18)25(19)27-23-15-6-4-12-21(23)22-13-5-7-16-24(22)27/h1-16H. The molecule has 0 fully saturated rings. The molecule has 1 aromatic heterocycles. The summed E-state index contributed by atoms with van der Waals surface area (Å²) in [5, 5.41) is 12.3. The Morgan fingerprint density at radius 3 is 1.81 bits per heavy atom. The highest BCUT2D eigenvalue weighted by Crippen LogP contribution is 2.37. The van der Waals surface area contributed by atoms with Gasteiger partial charge >= 0.3 is 0 Å². The highest BCUT2D eigenvalue weighted by molar-refractivity contribution is 6.10. The molecule has 1 heterocycles. The molecule has 0 unspecified atom stereocenters. The first-order chi connectivity index (χ1) is 13.4. The maximum absolute atomic E-state index is 9.87. The van der Waals surface area contributed by atoms with Crippen LogP contribution in [0.1, 0.15) is 5.56 Å². The van der Waals surface area contributed by atoms with Gasteiger partial charge in [-0.15, -0.1) is 0 Å². The van der Waals surface area contributed by atoms with Gasteiger partial charge in [0.2, 0.25) is 0 Å². The van der Waals surface area contributed by atoms with Gasteiger partial charge in [0.25, 0.3) is 0 Å². The summed E-state index contributed by atoms with van der Waals surface area (Å²) < 4.78 is 2.23. The number of benzene rings is 4. The first-order valence-electron chi connectivity index (χ1n) is 8.95. The average molecular weight is 344 g/mol. The van der Waals surface area contributed by atoms with Crippen molar-refractivity contribution >= 4 is 21.8 Å². The van der Waals surface area contributed by atoms with E-state index in [9.17, 15) is 5.26 Å². The van der Waals surface area contributed by atoms with Gasteiger partial charge in [-0.1, -0.05) is 78.9 Å². The molecule has 0 N–H and O–H groups in total. The van der Waals surface area contributed by atoms with Gasteiger partial charge in [0.1, 0.15) is 6.07 Å². The SMILES string of the molecule is N#Cc1cccc(-c2ccccc2)c1-n1c2ccccc2c2ccccc21. The fraction of sp³-hybridized carbons (Fsp3) is 0. The summed E-state index contributed by atoms with van der Waals surface area (Å²) in [5.74, 6) is 0. The summed E-state index contributed by atoms with van der Waals surface area (Å²) in [5.41, 5.74) is 5.98. The molecule has 4 aromatic carbocycles. The summed E-state index contributed by atoms with van der Waals surface area (Å²) in [4.78, 5) is 0. The summed E-state index contributed by atoms with van der Waals surface area (Å²) in [6.45, 7) is 0. The van der Waals surface area contributed by atoms with Crippen LogP contribution < -0.4 is 0 Å². The zero-order chi connectivity index (χ0) is 18.2. The summed E-state index contributed by atoms with van der Waals surface area (Å²) in [6, 6.07) is 35.4. The zero-order valence-electron chi connectivity index (χ0n) is 14.6. The number of rotatable bonds is 2. The molecule has 0 saturated carbocycles. The number of nitriles is 1. The smallest absolute Gasteiger partial charge is 0.101 e. The number of aromatic nitrogens is 1.